The van der Waals surface area contributed by atoms with Crippen LogP contribution in [0.2, 0.25) is 0 Å². The predicted octanol–water partition coefficient (Wildman–Crippen LogP) is 3.13. The van der Waals surface area contributed by atoms with Crippen LogP contribution in [0, 0.1) is 0 Å². The van der Waals surface area contributed by atoms with Crippen LogP contribution in [0.1, 0.15) is 0 Å². The monoisotopic (exact) mass is 238 g/mol. The van der Waals surface area contributed by atoms with E-state index >= 15 is 0 Å². The van der Waals surface area contributed by atoms with Crippen LogP contribution >= 0.6 is 0 Å². The maximum absolute atomic E-state index is 9.45. The molecule has 88 valence electrons. The van der Waals surface area contributed by atoms with Crippen LogP contribution < -0.4 is 4.74 Å². The first kappa shape index (κ1) is 10.5. The third kappa shape index (κ3) is 2.08. The lowest BCUT2D eigenvalue weighted by atomic mass is 10.1. The summed E-state index contributed by atoms with van der Waals surface area (Å²) in [5.74, 6) is 1.34. The number of phenols is 1. The highest BCUT2D eigenvalue weighted by atomic mass is 16.5. The summed E-state index contributed by atoms with van der Waals surface area (Å²) < 4.78 is 5.57. The SMILES string of the molecule is Oc1ccc2ccc(Oc3cccnn3)cc2c1. The van der Waals surface area contributed by atoms with Gasteiger partial charge in [0.2, 0.25) is 5.88 Å². The molecule has 0 saturated heterocycles. The van der Waals surface area contributed by atoms with Crippen molar-refractivity contribution in [2.24, 2.45) is 0 Å². The lowest BCUT2D eigenvalue weighted by Gasteiger charge is -2.05. The molecule has 0 aliphatic rings. The van der Waals surface area contributed by atoms with Crippen molar-refractivity contribution < 1.29 is 9.84 Å². The summed E-state index contributed by atoms with van der Waals surface area (Å²) in [5.41, 5.74) is 0. The van der Waals surface area contributed by atoms with E-state index in [1.807, 2.05) is 24.3 Å². The normalized spacial score (nSPS) is 10.4. The molecule has 0 atom stereocenters. The lowest BCUT2D eigenvalue weighted by Crippen LogP contribution is -1.88. The Bertz CT molecular complexity index is 684. The third-order valence-corrected chi connectivity index (χ3v) is 2.57. The summed E-state index contributed by atoms with van der Waals surface area (Å²) >= 11 is 0. The summed E-state index contributed by atoms with van der Waals surface area (Å²) in [5, 5.41) is 19.0. The van der Waals surface area contributed by atoms with E-state index < -0.39 is 0 Å². The van der Waals surface area contributed by atoms with Gasteiger partial charge in [0.15, 0.2) is 0 Å². The highest BCUT2D eigenvalue weighted by Crippen LogP contribution is 2.26. The molecule has 1 aromatic heterocycles. The van der Waals surface area contributed by atoms with E-state index in [2.05, 4.69) is 10.2 Å². The first-order valence-corrected chi connectivity index (χ1v) is 5.50. The van der Waals surface area contributed by atoms with Gasteiger partial charge in [0.05, 0.1) is 0 Å². The van der Waals surface area contributed by atoms with Crippen LogP contribution in [0.25, 0.3) is 10.8 Å². The number of nitrogens with zero attached hydrogens (tertiary/aromatic N) is 2. The maximum atomic E-state index is 9.45. The van der Waals surface area contributed by atoms with E-state index in [1.54, 1.807) is 30.5 Å². The van der Waals surface area contributed by atoms with Gasteiger partial charge in [0.25, 0.3) is 0 Å². The molecule has 1 N–H and O–H groups in total. The minimum Gasteiger partial charge on any atom is -0.508 e. The summed E-state index contributed by atoms with van der Waals surface area (Å²) in [7, 11) is 0. The van der Waals surface area contributed by atoms with Crippen molar-refractivity contribution >= 4 is 10.8 Å². The second kappa shape index (κ2) is 4.33. The molecule has 1 heterocycles. The van der Waals surface area contributed by atoms with Crippen molar-refractivity contribution in [1.29, 1.82) is 0 Å². The van der Waals surface area contributed by atoms with Crippen molar-refractivity contribution in [3.05, 3.63) is 54.7 Å². The second-order valence-corrected chi connectivity index (χ2v) is 3.86. The highest BCUT2D eigenvalue weighted by Gasteiger charge is 2.01. The van der Waals surface area contributed by atoms with E-state index in [9.17, 15) is 5.11 Å². The Morgan fingerprint density at radius 1 is 0.944 bits per heavy atom. The molecule has 0 aliphatic heterocycles. The molecule has 3 rings (SSSR count). The standard InChI is InChI=1S/C14H10N2O2/c17-12-5-3-10-4-6-13(9-11(10)8-12)18-14-2-1-7-15-16-14/h1-9,17H. The number of rotatable bonds is 2. The molecule has 0 bridgehead atoms. The van der Waals surface area contributed by atoms with Gasteiger partial charge in [-0.2, -0.15) is 5.10 Å². The lowest BCUT2D eigenvalue weighted by molar-refractivity contribution is 0.456. The van der Waals surface area contributed by atoms with Gasteiger partial charge < -0.3 is 9.84 Å². The Hall–Kier alpha value is -2.62. The van der Waals surface area contributed by atoms with E-state index in [0.717, 1.165) is 10.8 Å². The molecule has 0 saturated carbocycles. The van der Waals surface area contributed by atoms with Crippen LogP contribution in [0.15, 0.2) is 54.7 Å². The van der Waals surface area contributed by atoms with E-state index in [0.29, 0.717) is 11.6 Å². The zero-order chi connectivity index (χ0) is 12.4. The molecule has 0 aliphatic carbocycles. The average Bonchev–Trinajstić information content (AvgIpc) is 2.39. The van der Waals surface area contributed by atoms with E-state index in [-0.39, 0.29) is 5.75 Å². The zero-order valence-electron chi connectivity index (χ0n) is 9.45. The summed E-state index contributed by atoms with van der Waals surface area (Å²) in [6.45, 7) is 0. The van der Waals surface area contributed by atoms with Crippen molar-refractivity contribution in [1.82, 2.24) is 10.2 Å². The number of phenolic OH excluding ortho intramolecular Hbond substituents is 1. The van der Waals surface area contributed by atoms with Crippen molar-refractivity contribution in [2.75, 3.05) is 0 Å². The fourth-order valence-electron chi connectivity index (χ4n) is 1.74. The second-order valence-electron chi connectivity index (χ2n) is 3.86. The van der Waals surface area contributed by atoms with Crippen LogP contribution in [0.3, 0.4) is 0 Å². The highest BCUT2D eigenvalue weighted by molar-refractivity contribution is 5.85. The average molecular weight is 238 g/mol. The molecule has 0 unspecified atom stereocenters. The number of ether oxygens (including phenoxy) is 1. The molecule has 0 spiro atoms. The number of aromatic nitrogens is 2. The van der Waals surface area contributed by atoms with Crippen molar-refractivity contribution in [3.8, 4) is 17.4 Å². The number of fused-ring (bicyclic) bond motifs is 1. The van der Waals surface area contributed by atoms with Crippen molar-refractivity contribution in [2.45, 2.75) is 0 Å². The first-order chi connectivity index (χ1) is 8.81. The summed E-state index contributed by atoms with van der Waals surface area (Å²) in [4.78, 5) is 0. The van der Waals surface area contributed by atoms with Gasteiger partial charge in [-0.25, -0.2) is 0 Å². The third-order valence-electron chi connectivity index (χ3n) is 2.57. The molecule has 18 heavy (non-hydrogen) atoms. The fourth-order valence-corrected chi connectivity index (χ4v) is 1.74. The minimum atomic E-state index is 0.235. The number of hydrogen-bond donors (Lipinski definition) is 1. The maximum Gasteiger partial charge on any atom is 0.238 e. The van der Waals surface area contributed by atoms with Gasteiger partial charge >= 0.3 is 0 Å². The molecule has 3 aromatic rings. The molecule has 4 nitrogen and oxygen atoms in total. The van der Waals surface area contributed by atoms with E-state index in [4.69, 9.17) is 4.74 Å². The van der Waals surface area contributed by atoms with Gasteiger partial charge in [0, 0.05) is 12.3 Å². The number of benzene rings is 2. The van der Waals surface area contributed by atoms with Gasteiger partial charge in [-0.3, -0.25) is 0 Å². The predicted molar refractivity (Wildman–Crippen MR) is 67.7 cm³/mol. The molecule has 0 fully saturated rings. The number of aromatic hydroxyl groups is 1. The topological polar surface area (TPSA) is 55.2 Å². The van der Waals surface area contributed by atoms with Gasteiger partial charge in [0.1, 0.15) is 11.5 Å². The Kier molecular flexibility index (Phi) is 2.53. The first-order valence-electron chi connectivity index (χ1n) is 5.50. The molecule has 0 amide bonds. The minimum absolute atomic E-state index is 0.235. The van der Waals surface area contributed by atoms with Gasteiger partial charge in [-0.1, -0.05) is 12.1 Å². The molecular weight excluding hydrogens is 228 g/mol. The molecule has 4 heteroatoms. The van der Waals surface area contributed by atoms with Crippen LogP contribution in [0.5, 0.6) is 17.4 Å². The zero-order valence-corrected chi connectivity index (χ0v) is 9.45. The van der Waals surface area contributed by atoms with Crippen LogP contribution in [0.4, 0.5) is 0 Å². The Morgan fingerprint density at radius 2 is 1.83 bits per heavy atom. The summed E-state index contributed by atoms with van der Waals surface area (Å²) in [6.07, 6.45) is 1.59. The summed E-state index contributed by atoms with van der Waals surface area (Å²) in [6, 6.07) is 14.3. The van der Waals surface area contributed by atoms with Crippen LogP contribution in [-0.4, -0.2) is 15.3 Å². The smallest absolute Gasteiger partial charge is 0.238 e. The quantitative estimate of drug-likeness (QED) is 0.745. The van der Waals surface area contributed by atoms with Crippen molar-refractivity contribution in [3.63, 3.8) is 0 Å². The Balaban J connectivity index is 1.98. The van der Waals surface area contributed by atoms with Gasteiger partial charge in [-0.15, -0.1) is 5.10 Å². The fraction of sp³-hybridized carbons (Fsp3) is 0. The number of hydrogen-bond acceptors (Lipinski definition) is 4. The van der Waals surface area contributed by atoms with Gasteiger partial charge in [-0.05, 0) is 41.1 Å². The molecule has 0 radical (unpaired) electrons. The molecule has 2 aromatic carbocycles. The van der Waals surface area contributed by atoms with E-state index in [1.165, 1.54) is 0 Å². The Labute approximate surface area is 103 Å². The largest absolute Gasteiger partial charge is 0.508 e. The molecular formula is C14H10N2O2. The Morgan fingerprint density at radius 3 is 2.67 bits per heavy atom. The van der Waals surface area contributed by atoms with Crippen LogP contribution in [-0.2, 0) is 0 Å².